The standard InChI is InChI=1S/C15H22N4O2/c16-10-12-4-6-13(7-5-12)18-15(21)17-11-14(20)19-8-2-1-3-9-19/h4-7H,1-3,8-11,16H2,(H2,17,18,21). The van der Waals surface area contributed by atoms with Crippen LogP contribution in [0, 0.1) is 0 Å². The molecule has 0 unspecified atom stereocenters. The molecule has 0 atom stereocenters. The minimum Gasteiger partial charge on any atom is -0.341 e. The molecule has 0 spiro atoms. The van der Waals surface area contributed by atoms with Crippen molar-refractivity contribution in [3.05, 3.63) is 29.8 Å². The number of urea groups is 1. The molecular weight excluding hydrogens is 268 g/mol. The maximum absolute atomic E-state index is 11.9. The van der Waals surface area contributed by atoms with Gasteiger partial charge in [-0.3, -0.25) is 4.79 Å². The summed E-state index contributed by atoms with van der Waals surface area (Å²) in [6, 6.07) is 6.91. The van der Waals surface area contributed by atoms with Crippen LogP contribution in [0.2, 0.25) is 0 Å². The van der Waals surface area contributed by atoms with E-state index in [4.69, 9.17) is 5.73 Å². The zero-order valence-electron chi connectivity index (χ0n) is 12.1. The zero-order valence-corrected chi connectivity index (χ0v) is 12.1. The van der Waals surface area contributed by atoms with Crippen LogP contribution in [0.5, 0.6) is 0 Å². The number of rotatable bonds is 4. The van der Waals surface area contributed by atoms with Crippen molar-refractivity contribution < 1.29 is 9.59 Å². The number of nitrogens with zero attached hydrogens (tertiary/aromatic N) is 1. The maximum atomic E-state index is 11.9. The molecule has 1 aliphatic heterocycles. The molecule has 0 radical (unpaired) electrons. The Balaban J connectivity index is 1.74. The van der Waals surface area contributed by atoms with Crippen LogP contribution in [0.1, 0.15) is 24.8 Å². The first-order valence-electron chi connectivity index (χ1n) is 7.30. The number of nitrogens with one attached hydrogen (secondary N) is 2. The van der Waals surface area contributed by atoms with E-state index < -0.39 is 0 Å². The van der Waals surface area contributed by atoms with Crippen molar-refractivity contribution in [1.29, 1.82) is 0 Å². The highest BCUT2D eigenvalue weighted by molar-refractivity contribution is 5.92. The number of carbonyl (C=O) groups excluding carboxylic acids is 2. The summed E-state index contributed by atoms with van der Waals surface area (Å²) in [6.45, 7) is 2.09. The summed E-state index contributed by atoms with van der Waals surface area (Å²) >= 11 is 0. The van der Waals surface area contributed by atoms with Gasteiger partial charge in [-0.2, -0.15) is 0 Å². The SMILES string of the molecule is NCc1ccc(NC(=O)NCC(=O)N2CCCCC2)cc1. The minimum absolute atomic E-state index is 0.0247. The first-order valence-corrected chi connectivity index (χ1v) is 7.30. The second kappa shape index (κ2) is 7.64. The number of anilines is 1. The van der Waals surface area contributed by atoms with E-state index in [0.29, 0.717) is 12.2 Å². The Morgan fingerprint density at radius 2 is 1.76 bits per heavy atom. The minimum atomic E-state index is -0.374. The largest absolute Gasteiger partial charge is 0.341 e. The predicted octanol–water partition coefficient (Wildman–Crippen LogP) is 1.28. The summed E-state index contributed by atoms with van der Waals surface area (Å²) < 4.78 is 0. The smallest absolute Gasteiger partial charge is 0.319 e. The molecule has 1 aromatic rings. The third kappa shape index (κ3) is 4.75. The van der Waals surface area contributed by atoms with E-state index in [-0.39, 0.29) is 18.5 Å². The highest BCUT2D eigenvalue weighted by Gasteiger charge is 2.16. The summed E-state index contributed by atoms with van der Waals surface area (Å²) in [4.78, 5) is 25.4. The summed E-state index contributed by atoms with van der Waals surface area (Å²) in [5.74, 6) is -0.0247. The Hall–Kier alpha value is -2.08. The van der Waals surface area contributed by atoms with Gasteiger partial charge < -0.3 is 21.3 Å². The number of hydrogen-bond acceptors (Lipinski definition) is 3. The fourth-order valence-corrected chi connectivity index (χ4v) is 2.31. The van der Waals surface area contributed by atoms with Crippen LogP contribution in [0.25, 0.3) is 0 Å². The summed E-state index contributed by atoms with van der Waals surface area (Å²) in [7, 11) is 0. The lowest BCUT2D eigenvalue weighted by Gasteiger charge is -2.26. The van der Waals surface area contributed by atoms with E-state index in [1.54, 1.807) is 17.0 Å². The fraction of sp³-hybridized carbons (Fsp3) is 0.467. The van der Waals surface area contributed by atoms with Crippen LogP contribution in [-0.4, -0.2) is 36.5 Å². The molecule has 0 aliphatic carbocycles. The van der Waals surface area contributed by atoms with Gasteiger partial charge in [-0.15, -0.1) is 0 Å². The third-order valence-electron chi connectivity index (χ3n) is 3.56. The van der Waals surface area contributed by atoms with Crippen LogP contribution >= 0.6 is 0 Å². The normalized spacial score (nSPS) is 14.6. The number of amides is 3. The number of likely N-dealkylation sites (tertiary alicyclic amines) is 1. The third-order valence-corrected chi connectivity index (χ3v) is 3.56. The highest BCUT2D eigenvalue weighted by Crippen LogP contribution is 2.09. The molecular formula is C15H22N4O2. The highest BCUT2D eigenvalue weighted by atomic mass is 16.2. The van der Waals surface area contributed by atoms with Gasteiger partial charge in [0, 0.05) is 25.3 Å². The van der Waals surface area contributed by atoms with Crippen molar-refractivity contribution in [3.8, 4) is 0 Å². The Bertz CT molecular complexity index is 481. The van der Waals surface area contributed by atoms with Gasteiger partial charge in [0.05, 0.1) is 6.54 Å². The van der Waals surface area contributed by atoms with Crippen molar-refractivity contribution in [1.82, 2.24) is 10.2 Å². The quantitative estimate of drug-likeness (QED) is 0.780. The fourth-order valence-electron chi connectivity index (χ4n) is 2.31. The number of nitrogens with two attached hydrogens (primary N) is 1. The van der Waals surface area contributed by atoms with E-state index in [1.165, 1.54) is 6.42 Å². The van der Waals surface area contributed by atoms with Crippen LogP contribution in [0.4, 0.5) is 10.5 Å². The van der Waals surface area contributed by atoms with Crippen LogP contribution in [-0.2, 0) is 11.3 Å². The molecule has 1 aliphatic rings. The topological polar surface area (TPSA) is 87.5 Å². The predicted molar refractivity (Wildman–Crippen MR) is 81.8 cm³/mol. The molecule has 6 heteroatoms. The molecule has 3 amide bonds. The van der Waals surface area contributed by atoms with Crippen LogP contribution in [0.15, 0.2) is 24.3 Å². The van der Waals surface area contributed by atoms with Gasteiger partial charge in [0.25, 0.3) is 0 Å². The Morgan fingerprint density at radius 1 is 1.10 bits per heavy atom. The van der Waals surface area contributed by atoms with Gasteiger partial charge in [-0.05, 0) is 37.0 Å². The number of benzene rings is 1. The average molecular weight is 290 g/mol. The van der Waals surface area contributed by atoms with Gasteiger partial charge in [0.15, 0.2) is 0 Å². The van der Waals surface area contributed by atoms with E-state index >= 15 is 0 Å². The molecule has 0 bridgehead atoms. The Labute approximate surface area is 124 Å². The Morgan fingerprint density at radius 3 is 2.38 bits per heavy atom. The molecule has 21 heavy (non-hydrogen) atoms. The van der Waals surface area contributed by atoms with E-state index in [0.717, 1.165) is 31.5 Å². The lowest BCUT2D eigenvalue weighted by atomic mass is 10.1. The van der Waals surface area contributed by atoms with Crippen molar-refractivity contribution >= 4 is 17.6 Å². The zero-order chi connectivity index (χ0) is 15.1. The van der Waals surface area contributed by atoms with Gasteiger partial charge in [0.2, 0.25) is 5.91 Å². The molecule has 114 valence electrons. The monoisotopic (exact) mass is 290 g/mol. The number of carbonyl (C=O) groups is 2. The van der Waals surface area contributed by atoms with E-state index in [1.807, 2.05) is 12.1 Å². The second-order valence-electron chi connectivity index (χ2n) is 5.15. The molecule has 6 nitrogen and oxygen atoms in total. The first kappa shape index (κ1) is 15.3. The molecule has 1 saturated heterocycles. The number of piperidine rings is 1. The lowest BCUT2D eigenvalue weighted by molar-refractivity contribution is -0.130. The lowest BCUT2D eigenvalue weighted by Crippen LogP contribution is -2.43. The molecule has 2 rings (SSSR count). The summed E-state index contributed by atoms with van der Waals surface area (Å²) in [5, 5.41) is 5.28. The van der Waals surface area contributed by atoms with Crippen molar-refractivity contribution in [2.45, 2.75) is 25.8 Å². The molecule has 4 N–H and O–H groups in total. The van der Waals surface area contributed by atoms with Gasteiger partial charge in [0.1, 0.15) is 0 Å². The first-order chi connectivity index (χ1) is 10.2. The second-order valence-corrected chi connectivity index (χ2v) is 5.15. The Kier molecular flexibility index (Phi) is 5.57. The van der Waals surface area contributed by atoms with Gasteiger partial charge in [-0.1, -0.05) is 12.1 Å². The van der Waals surface area contributed by atoms with E-state index in [2.05, 4.69) is 10.6 Å². The van der Waals surface area contributed by atoms with Crippen LogP contribution < -0.4 is 16.4 Å². The molecule has 0 saturated carbocycles. The summed E-state index contributed by atoms with van der Waals surface area (Å²) in [5.41, 5.74) is 7.19. The van der Waals surface area contributed by atoms with Crippen LogP contribution in [0.3, 0.4) is 0 Å². The van der Waals surface area contributed by atoms with Crippen molar-refractivity contribution in [2.24, 2.45) is 5.73 Å². The number of hydrogen-bond donors (Lipinski definition) is 3. The summed E-state index contributed by atoms with van der Waals surface area (Å²) in [6.07, 6.45) is 3.27. The molecule has 0 aromatic heterocycles. The molecule has 1 aromatic carbocycles. The maximum Gasteiger partial charge on any atom is 0.319 e. The van der Waals surface area contributed by atoms with Crippen molar-refractivity contribution in [2.75, 3.05) is 25.0 Å². The molecule has 1 heterocycles. The van der Waals surface area contributed by atoms with Gasteiger partial charge >= 0.3 is 6.03 Å². The van der Waals surface area contributed by atoms with E-state index in [9.17, 15) is 9.59 Å². The van der Waals surface area contributed by atoms with Crippen molar-refractivity contribution in [3.63, 3.8) is 0 Å². The average Bonchev–Trinajstić information content (AvgIpc) is 2.54. The van der Waals surface area contributed by atoms with Gasteiger partial charge in [-0.25, -0.2) is 4.79 Å². The molecule has 1 fully saturated rings.